The van der Waals surface area contributed by atoms with E-state index in [4.69, 9.17) is 0 Å². The molecule has 2 nitrogen and oxygen atoms in total. The number of aliphatic hydroxyl groups is 1. The number of piperidine rings is 1. The first kappa shape index (κ1) is 17.2. The van der Waals surface area contributed by atoms with E-state index in [1.165, 1.54) is 32.1 Å². The van der Waals surface area contributed by atoms with Crippen LogP contribution in [-0.2, 0) is 0 Å². The van der Waals surface area contributed by atoms with Crippen molar-refractivity contribution in [1.82, 2.24) is 4.90 Å². The molecule has 124 valence electrons. The number of alkyl halides is 1. The molecule has 1 N–H and O–H groups in total. The quantitative estimate of drug-likeness (QED) is 0.839. The smallest absolute Gasteiger partial charge is 0.142 e. The molecular weight excluding hydrogens is 265 g/mol. The van der Waals surface area contributed by atoms with Crippen molar-refractivity contribution in [2.75, 3.05) is 0 Å². The van der Waals surface area contributed by atoms with Gasteiger partial charge in [0.05, 0.1) is 0 Å². The zero-order chi connectivity index (χ0) is 15.8. The molecule has 1 aliphatic heterocycles. The number of likely N-dealkylation sites (tertiary alicyclic amines) is 1. The van der Waals surface area contributed by atoms with Crippen molar-refractivity contribution in [2.45, 2.75) is 109 Å². The number of hydrogen-bond donors (Lipinski definition) is 1. The Morgan fingerprint density at radius 3 is 2.14 bits per heavy atom. The molecule has 0 aromatic heterocycles. The predicted molar refractivity (Wildman–Crippen MR) is 86.2 cm³/mol. The highest BCUT2D eigenvalue weighted by molar-refractivity contribution is 5.13. The van der Waals surface area contributed by atoms with Crippen LogP contribution in [0.2, 0.25) is 0 Å². The third-order valence-electron chi connectivity index (χ3n) is 6.65. The molecule has 0 aromatic rings. The lowest BCUT2D eigenvalue weighted by atomic mass is 9.64. The number of halogens is 1. The number of rotatable bonds is 3. The van der Waals surface area contributed by atoms with Gasteiger partial charge in [0.25, 0.3) is 0 Å². The lowest BCUT2D eigenvalue weighted by Crippen LogP contribution is -2.73. The highest BCUT2D eigenvalue weighted by atomic mass is 19.1. The van der Waals surface area contributed by atoms with Gasteiger partial charge in [-0.25, -0.2) is 4.39 Å². The summed E-state index contributed by atoms with van der Waals surface area (Å²) in [7, 11) is 0. The fourth-order valence-electron chi connectivity index (χ4n) is 5.05. The van der Waals surface area contributed by atoms with Gasteiger partial charge in [-0.3, -0.25) is 4.90 Å². The zero-order valence-corrected chi connectivity index (χ0v) is 14.5. The molecule has 2 fully saturated rings. The van der Waals surface area contributed by atoms with E-state index in [1.807, 2.05) is 6.92 Å². The summed E-state index contributed by atoms with van der Waals surface area (Å²) in [5, 5.41) is 11.0. The molecule has 2 aliphatic rings. The van der Waals surface area contributed by atoms with Crippen molar-refractivity contribution in [3.63, 3.8) is 0 Å². The molecular formula is C18H34FNO. The molecule has 1 saturated carbocycles. The van der Waals surface area contributed by atoms with Crippen LogP contribution >= 0.6 is 0 Å². The molecule has 3 heteroatoms. The summed E-state index contributed by atoms with van der Waals surface area (Å²) in [6, 6.07) is 0.655. The van der Waals surface area contributed by atoms with Crippen LogP contribution in [0.1, 0.15) is 79.6 Å². The summed E-state index contributed by atoms with van der Waals surface area (Å²) in [4.78, 5) is 2.49. The SMILES string of the molecule is CC[C@@H]1[C@@H](CC)[C@](C)(F)[C@@](C)(O)[C@@H](C)N1C1CCCCC1. The van der Waals surface area contributed by atoms with E-state index in [1.54, 1.807) is 13.8 Å². The molecule has 0 bridgehead atoms. The van der Waals surface area contributed by atoms with Crippen LogP contribution in [0.4, 0.5) is 4.39 Å². The number of hydrogen-bond acceptors (Lipinski definition) is 2. The molecule has 2 rings (SSSR count). The van der Waals surface area contributed by atoms with Crippen LogP contribution in [0.15, 0.2) is 0 Å². The molecule has 0 aromatic carbocycles. The fourth-order valence-corrected chi connectivity index (χ4v) is 5.05. The van der Waals surface area contributed by atoms with Crippen molar-refractivity contribution >= 4 is 0 Å². The second kappa shape index (κ2) is 6.16. The van der Waals surface area contributed by atoms with Gasteiger partial charge in [0.1, 0.15) is 11.3 Å². The Labute approximate surface area is 130 Å². The molecule has 0 radical (unpaired) electrons. The third kappa shape index (κ3) is 2.65. The average Bonchev–Trinajstić information content (AvgIpc) is 2.46. The highest BCUT2D eigenvalue weighted by Gasteiger charge is 2.61. The van der Waals surface area contributed by atoms with Crippen molar-refractivity contribution in [3.8, 4) is 0 Å². The maximum atomic E-state index is 15.5. The van der Waals surface area contributed by atoms with Crippen molar-refractivity contribution in [2.24, 2.45) is 5.92 Å². The van der Waals surface area contributed by atoms with E-state index in [0.29, 0.717) is 6.04 Å². The highest BCUT2D eigenvalue weighted by Crippen LogP contribution is 2.49. The van der Waals surface area contributed by atoms with Gasteiger partial charge in [-0.2, -0.15) is 0 Å². The van der Waals surface area contributed by atoms with Gasteiger partial charge in [0.15, 0.2) is 0 Å². The van der Waals surface area contributed by atoms with E-state index in [-0.39, 0.29) is 18.0 Å². The van der Waals surface area contributed by atoms with Crippen molar-refractivity contribution in [3.05, 3.63) is 0 Å². The van der Waals surface area contributed by atoms with E-state index < -0.39 is 11.3 Å². The van der Waals surface area contributed by atoms with Crippen molar-refractivity contribution in [1.29, 1.82) is 0 Å². The van der Waals surface area contributed by atoms with Gasteiger partial charge in [-0.15, -0.1) is 0 Å². The van der Waals surface area contributed by atoms with E-state index in [9.17, 15) is 5.11 Å². The van der Waals surface area contributed by atoms with E-state index in [2.05, 4.69) is 18.7 Å². The Morgan fingerprint density at radius 1 is 1.10 bits per heavy atom. The minimum Gasteiger partial charge on any atom is -0.385 e. The molecule has 5 atom stereocenters. The average molecular weight is 299 g/mol. The molecule has 0 spiro atoms. The lowest BCUT2D eigenvalue weighted by Gasteiger charge is -2.60. The minimum absolute atomic E-state index is 0.0874. The topological polar surface area (TPSA) is 23.5 Å². The summed E-state index contributed by atoms with van der Waals surface area (Å²) in [6.07, 6.45) is 8.04. The Kier molecular flexibility index (Phi) is 5.04. The van der Waals surface area contributed by atoms with Gasteiger partial charge >= 0.3 is 0 Å². The summed E-state index contributed by atoms with van der Waals surface area (Å²) >= 11 is 0. The van der Waals surface area contributed by atoms with Crippen molar-refractivity contribution < 1.29 is 9.50 Å². The summed E-state index contributed by atoms with van der Waals surface area (Å²) in [5.74, 6) is -0.0874. The molecule has 21 heavy (non-hydrogen) atoms. The second-order valence-electron chi connectivity index (χ2n) is 7.63. The van der Waals surface area contributed by atoms with Gasteiger partial charge < -0.3 is 5.11 Å². The fraction of sp³-hybridized carbons (Fsp3) is 1.00. The van der Waals surface area contributed by atoms with Gasteiger partial charge in [-0.05, 0) is 46.5 Å². The van der Waals surface area contributed by atoms with Crippen LogP contribution < -0.4 is 0 Å². The Balaban J connectivity index is 2.37. The van der Waals surface area contributed by atoms with E-state index >= 15 is 4.39 Å². The molecule has 0 amide bonds. The Hall–Kier alpha value is -0.150. The Morgan fingerprint density at radius 2 is 1.67 bits per heavy atom. The van der Waals surface area contributed by atoms with Gasteiger partial charge in [0, 0.05) is 24.0 Å². The molecule has 1 aliphatic carbocycles. The first-order valence-electron chi connectivity index (χ1n) is 8.97. The summed E-state index contributed by atoms with van der Waals surface area (Å²) < 4.78 is 15.5. The third-order valence-corrected chi connectivity index (χ3v) is 6.65. The second-order valence-corrected chi connectivity index (χ2v) is 7.63. The summed E-state index contributed by atoms with van der Waals surface area (Å²) in [6.45, 7) is 9.60. The predicted octanol–water partition coefficient (Wildman–Crippen LogP) is 4.31. The minimum atomic E-state index is -1.52. The first-order valence-corrected chi connectivity index (χ1v) is 8.97. The normalized spacial score (nSPS) is 46.7. The molecule has 1 saturated heterocycles. The lowest BCUT2D eigenvalue weighted by molar-refractivity contribution is -0.219. The van der Waals surface area contributed by atoms with Crippen LogP contribution in [0.25, 0.3) is 0 Å². The van der Waals surface area contributed by atoms with E-state index in [0.717, 1.165) is 12.8 Å². The maximum absolute atomic E-state index is 15.5. The monoisotopic (exact) mass is 299 g/mol. The Bertz CT molecular complexity index is 349. The molecule has 0 unspecified atom stereocenters. The maximum Gasteiger partial charge on any atom is 0.142 e. The first-order chi connectivity index (χ1) is 9.79. The van der Waals surface area contributed by atoms with Gasteiger partial charge in [0.2, 0.25) is 0 Å². The standard InChI is InChI=1S/C18H34FNO/c1-6-15-16(7-2)20(14-11-9-8-10-12-14)13(3)18(5,21)17(15,4)19/h13-16,21H,6-12H2,1-5H3/t13-,15-,16-,17+,18+/m1/s1. The number of nitrogens with zero attached hydrogens (tertiary/aromatic N) is 1. The summed E-state index contributed by atoms with van der Waals surface area (Å²) in [5.41, 5.74) is -2.80. The van der Waals surface area contributed by atoms with Crippen LogP contribution in [0, 0.1) is 5.92 Å². The van der Waals surface area contributed by atoms with Crippen LogP contribution in [0.3, 0.4) is 0 Å². The van der Waals surface area contributed by atoms with Crippen LogP contribution in [-0.4, -0.2) is 39.4 Å². The van der Waals surface area contributed by atoms with Gasteiger partial charge in [-0.1, -0.05) is 33.1 Å². The largest absolute Gasteiger partial charge is 0.385 e. The molecule has 1 heterocycles. The zero-order valence-electron chi connectivity index (χ0n) is 14.5. The van der Waals surface area contributed by atoms with Crippen LogP contribution in [0.5, 0.6) is 0 Å².